The molecule has 3 atom stereocenters. The van der Waals surface area contributed by atoms with E-state index >= 15 is 0 Å². The second-order valence-electron chi connectivity index (χ2n) is 9.57. The Bertz CT molecular complexity index is 881. The largest absolute Gasteiger partial charge is 0.348 e. The number of rotatable bonds is 9. The molecular weight excluding hydrogens is 412 g/mol. The molecule has 1 fully saturated rings. The standard InChI is InChI=1S/C28H36N2O3/c1-5-20(2)16-23-24(27(32)21-12-8-6-9-13-21)17-30(19-26(31)29(3)4)18-25(23)28(33)22-14-10-7-11-15-22/h6-15,20,23-25H,5,16-19H2,1-4H3/t20?,24-,25-/m0/s1. The predicted octanol–water partition coefficient (Wildman–Crippen LogP) is 4.44. The highest BCUT2D eigenvalue weighted by Crippen LogP contribution is 2.38. The van der Waals surface area contributed by atoms with E-state index in [2.05, 4.69) is 13.8 Å². The van der Waals surface area contributed by atoms with Crippen molar-refractivity contribution < 1.29 is 14.4 Å². The molecule has 5 heteroatoms. The van der Waals surface area contributed by atoms with Crippen LogP contribution >= 0.6 is 0 Å². The fourth-order valence-corrected chi connectivity index (χ4v) is 4.79. The highest BCUT2D eigenvalue weighted by Gasteiger charge is 2.44. The Balaban J connectivity index is 2.00. The molecule has 1 aliphatic heterocycles. The summed E-state index contributed by atoms with van der Waals surface area (Å²) in [6, 6.07) is 18.7. The number of piperidine rings is 1. The number of hydrogen-bond acceptors (Lipinski definition) is 4. The van der Waals surface area contributed by atoms with E-state index in [1.165, 1.54) is 0 Å². The van der Waals surface area contributed by atoms with Crippen LogP contribution in [0.2, 0.25) is 0 Å². The van der Waals surface area contributed by atoms with E-state index in [0.717, 1.165) is 12.8 Å². The summed E-state index contributed by atoms with van der Waals surface area (Å²) in [4.78, 5) is 43.5. The molecule has 1 aliphatic rings. The smallest absolute Gasteiger partial charge is 0.236 e. The molecule has 0 radical (unpaired) electrons. The molecule has 0 spiro atoms. The lowest BCUT2D eigenvalue weighted by atomic mass is 9.68. The molecule has 2 aromatic carbocycles. The Hall–Kier alpha value is -2.79. The van der Waals surface area contributed by atoms with Crippen LogP contribution < -0.4 is 0 Å². The van der Waals surface area contributed by atoms with E-state index in [1.807, 2.05) is 65.6 Å². The zero-order valence-electron chi connectivity index (χ0n) is 20.2. The lowest BCUT2D eigenvalue weighted by molar-refractivity contribution is -0.130. The van der Waals surface area contributed by atoms with Crippen LogP contribution in [-0.2, 0) is 4.79 Å². The zero-order chi connectivity index (χ0) is 24.0. The molecule has 1 amide bonds. The average Bonchev–Trinajstić information content (AvgIpc) is 2.84. The maximum atomic E-state index is 13.7. The molecule has 0 aromatic heterocycles. The van der Waals surface area contributed by atoms with Crippen molar-refractivity contribution >= 4 is 17.5 Å². The number of Topliss-reactive ketones (excluding diaryl/α,β-unsaturated/α-hetero) is 2. The Kier molecular flexibility index (Phi) is 8.56. The van der Waals surface area contributed by atoms with E-state index in [4.69, 9.17) is 0 Å². The number of ketones is 2. The van der Waals surface area contributed by atoms with Crippen molar-refractivity contribution in [2.24, 2.45) is 23.7 Å². The summed E-state index contributed by atoms with van der Waals surface area (Å²) in [7, 11) is 3.47. The number of carbonyl (C=O) groups excluding carboxylic acids is 3. The minimum atomic E-state index is -0.331. The number of benzene rings is 2. The summed E-state index contributed by atoms with van der Waals surface area (Å²) < 4.78 is 0. The van der Waals surface area contributed by atoms with Gasteiger partial charge in [-0.2, -0.15) is 0 Å². The number of likely N-dealkylation sites (N-methyl/N-ethyl adjacent to an activating group) is 1. The Labute approximate surface area is 197 Å². The van der Waals surface area contributed by atoms with Crippen LogP contribution in [0.5, 0.6) is 0 Å². The lowest BCUT2D eigenvalue weighted by Crippen LogP contribution is -2.53. The number of amides is 1. The normalized spacial score (nSPS) is 20.2. The second-order valence-corrected chi connectivity index (χ2v) is 9.57. The summed E-state index contributed by atoms with van der Waals surface area (Å²) in [5, 5.41) is 0. The molecule has 3 rings (SSSR count). The molecule has 0 bridgehead atoms. The Morgan fingerprint density at radius 3 is 1.73 bits per heavy atom. The highest BCUT2D eigenvalue weighted by molar-refractivity contribution is 6.01. The predicted molar refractivity (Wildman–Crippen MR) is 131 cm³/mol. The Morgan fingerprint density at radius 1 is 0.879 bits per heavy atom. The molecule has 0 aliphatic carbocycles. The molecule has 1 heterocycles. The van der Waals surface area contributed by atoms with Gasteiger partial charge in [-0.3, -0.25) is 19.3 Å². The fourth-order valence-electron chi connectivity index (χ4n) is 4.79. The zero-order valence-corrected chi connectivity index (χ0v) is 20.2. The summed E-state index contributed by atoms with van der Waals surface area (Å²) in [5.74, 6) is -0.209. The quantitative estimate of drug-likeness (QED) is 0.532. The van der Waals surface area contributed by atoms with Crippen molar-refractivity contribution in [3.05, 3.63) is 71.8 Å². The molecule has 1 saturated heterocycles. The first-order chi connectivity index (χ1) is 15.8. The summed E-state index contributed by atoms with van der Waals surface area (Å²) in [5.41, 5.74) is 1.34. The average molecular weight is 449 g/mol. The number of likely N-dealkylation sites (tertiary alicyclic amines) is 1. The van der Waals surface area contributed by atoms with Crippen molar-refractivity contribution in [1.29, 1.82) is 0 Å². The summed E-state index contributed by atoms with van der Waals surface area (Å²) in [6.45, 7) is 5.54. The van der Waals surface area contributed by atoms with Crippen molar-refractivity contribution in [1.82, 2.24) is 9.80 Å². The van der Waals surface area contributed by atoms with E-state index in [9.17, 15) is 14.4 Å². The van der Waals surface area contributed by atoms with Gasteiger partial charge in [-0.25, -0.2) is 0 Å². The van der Waals surface area contributed by atoms with Gasteiger partial charge in [0, 0.05) is 50.1 Å². The van der Waals surface area contributed by atoms with Crippen LogP contribution in [0.4, 0.5) is 0 Å². The SMILES string of the molecule is CCC(C)CC1[C@@H](C(=O)c2ccccc2)CN(CC(=O)N(C)C)C[C@@H]1C(=O)c1ccccc1. The molecule has 2 aromatic rings. The first kappa shape index (κ1) is 24.8. The summed E-state index contributed by atoms with van der Waals surface area (Å²) in [6.07, 6.45) is 1.82. The van der Waals surface area contributed by atoms with Crippen LogP contribution in [0.25, 0.3) is 0 Å². The van der Waals surface area contributed by atoms with Gasteiger partial charge >= 0.3 is 0 Å². The number of hydrogen-bond donors (Lipinski definition) is 0. The number of nitrogens with zero attached hydrogens (tertiary/aromatic N) is 2. The van der Waals surface area contributed by atoms with Gasteiger partial charge in [0.2, 0.25) is 5.91 Å². The molecule has 5 nitrogen and oxygen atoms in total. The van der Waals surface area contributed by atoms with Gasteiger partial charge in [-0.1, -0.05) is 80.9 Å². The first-order valence-electron chi connectivity index (χ1n) is 11.9. The molecule has 176 valence electrons. The highest BCUT2D eigenvalue weighted by atomic mass is 16.2. The van der Waals surface area contributed by atoms with E-state index < -0.39 is 0 Å². The summed E-state index contributed by atoms with van der Waals surface area (Å²) >= 11 is 0. The minimum Gasteiger partial charge on any atom is -0.348 e. The van der Waals surface area contributed by atoms with Crippen molar-refractivity contribution in [3.63, 3.8) is 0 Å². The van der Waals surface area contributed by atoms with E-state index in [-0.39, 0.29) is 41.8 Å². The van der Waals surface area contributed by atoms with Gasteiger partial charge in [-0.05, 0) is 18.3 Å². The fraction of sp³-hybridized carbons (Fsp3) is 0.464. The van der Waals surface area contributed by atoms with Gasteiger partial charge in [0.25, 0.3) is 0 Å². The molecule has 0 saturated carbocycles. The van der Waals surface area contributed by atoms with Crippen LogP contribution in [0.15, 0.2) is 60.7 Å². The molecule has 33 heavy (non-hydrogen) atoms. The van der Waals surface area contributed by atoms with Crippen molar-refractivity contribution in [2.75, 3.05) is 33.7 Å². The van der Waals surface area contributed by atoms with Gasteiger partial charge in [0.05, 0.1) is 6.54 Å². The second kappa shape index (κ2) is 11.4. The van der Waals surface area contributed by atoms with E-state index in [1.54, 1.807) is 19.0 Å². The van der Waals surface area contributed by atoms with Crippen LogP contribution in [0.3, 0.4) is 0 Å². The van der Waals surface area contributed by atoms with Crippen molar-refractivity contribution in [2.45, 2.75) is 26.7 Å². The maximum absolute atomic E-state index is 13.7. The third-order valence-electron chi connectivity index (χ3n) is 6.96. The lowest BCUT2D eigenvalue weighted by Gasteiger charge is -2.43. The first-order valence-corrected chi connectivity index (χ1v) is 11.9. The molecule has 1 unspecified atom stereocenters. The van der Waals surface area contributed by atoms with Gasteiger partial charge < -0.3 is 4.90 Å². The molecular formula is C28H36N2O3. The van der Waals surface area contributed by atoms with Crippen LogP contribution in [0.1, 0.15) is 47.4 Å². The minimum absolute atomic E-state index is 0.0211. The monoisotopic (exact) mass is 448 g/mol. The van der Waals surface area contributed by atoms with Gasteiger partial charge in [0.1, 0.15) is 0 Å². The maximum Gasteiger partial charge on any atom is 0.236 e. The van der Waals surface area contributed by atoms with Crippen molar-refractivity contribution in [3.8, 4) is 0 Å². The molecule has 0 N–H and O–H groups in total. The van der Waals surface area contributed by atoms with E-state index in [0.29, 0.717) is 30.1 Å². The number of carbonyl (C=O) groups is 3. The van der Waals surface area contributed by atoms with Crippen LogP contribution in [0, 0.1) is 23.7 Å². The third kappa shape index (κ3) is 6.17. The third-order valence-corrected chi connectivity index (χ3v) is 6.96. The topological polar surface area (TPSA) is 57.7 Å². The van der Waals surface area contributed by atoms with Crippen LogP contribution in [-0.4, -0.2) is 61.0 Å². The van der Waals surface area contributed by atoms with Gasteiger partial charge in [0.15, 0.2) is 11.6 Å². The Morgan fingerprint density at radius 2 is 1.33 bits per heavy atom. The van der Waals surface area contributed by atoms with Gasteiger partial charge in [-0.15, -0.1) is 0 Å².